The third kappa shape index (κ3) is 11.9. The molecule has 7 nitrogen and oxygen atoms in total. The normalized spacial score (nSPS) is 12.0. The van der Waals surface area contributed by atoms with E-state index in [1.54, 1.807) is 6.07 Å². The molecule has 0 bridgehead atoms. The Morgan fingerprint density at radius 3 is 1.87 bits per heavy atom. The first-order chi connectivity index (χ1) is 13.8. The molecule has 1 unspecified atom stereocenters. The Morgan fingerprint density at radius 1 is 0.900 bits per heavy atom. The summed E-state index contributed by atoms with van der Waals surface area (Å²) in [6.07, 6.45) is 10.3. The van der Waals surface area contributed by atoms with Crippen LogP contribution in [0.15, 0.2) is 24.3 Å². The predicted molar refractivity (Wildman–Crippen MR) is 109 cm³/mol. The average Bonchev–Trinajstić information content (AvgIpc) is 2.68. The molecule has 0 N–H and O–H groups in total. The molecule has 0 radical (unpaired) electrons. The van der Waals surface area contributed by atoms with Gasteiger partial charge in [-0.1, -0.05) is 70.4 Å². The minimum absolute atomic E-state index is 0. The average molecular weight is 467 g/mol. The number of unbranched alkanes of at least 4 members (excludes halogenated alkanes) is 8. The van der Waals surface area contributed by atoms with Crippen LogP contribution in [0.5, 0.6) is 0 Å². The van der Waals surface area contributed by atoms with Gasteiger partial charge in [0.15, 0.2) is 5.44 Å². The molecule has 0 saturated carbocycles. The maximum absolute atomic E-state index is 12.3. The number of ether oxygens (including phenoxy) is 2. The fourth-order valence-corrected chi connectivity index (χ4v) is 2.97. The minimum Gasteiger partial charge on any atom is -0.745 e. The van der Waals surface area contributed by atoms with Crippen LogP contribution in [-0.4, -0.2) is 37.0 Å². The summed E-state index contributed by atoms with van der Waals surface area (Å²) < 4.78 is 42.6. The van der Waals surface area contributed by atoms with Crippen molar-refractivity contribution in [1.82, 2.24) is 0 Å². The van der Waals surface area contributed by atoms with E-state index >= 15 is 0 Å². The number of esters is 2. The maximum atomic E-state index is 12.3. The molecular formula is C21H31KO7S. The van der Waals surface area contributed by atoms with Crippen molar-refractivity contribution in [3.8, 4) is 0 Å². The van der Waals surface area contributed by atoms with Gasteiger partial charge >= 0.3 is 63.3 Å². The molecule has 0 aliphatic carbocycles. The number of rotatable bonds is 14. The summed E-state index contributed by atoms with van der Waals surface area (Å²) in [5, 5.41) is 0. The van der Waals surface area contributed by atoms with Crippen LogP contribution in [0.1, 0.15) is 92.4 Å². The Labute approximate surface area is 222 Å². The van der Waals surface area contributed by atoms with Crippen molar-refractivity contribution < 1.29 is 83.4 Å². The molecule has 0 aliphatic rings. The first-order valence-corrected chi connectivity index (χ1v) is 11.7. The van der Waals surface area contributed by atoms with E-state index in [1.165, 1.54) is 56.7 Å². The zero-order valence-electron chi connectivity index (χ0n) is 18.2. The van der Waals surface area contributed by atoms with Gasteiger partial charge in [0.25, 0.3) is 0 Å². The van der Waals surface area contributed by atoms with Crippen LogP contribution in [0.3, 0.4) is 0 Å². The third-order valence-electron chi connectivity index (χ3n) is 4.53. The van der Waals surface area contributed by atoms with Gasteiger partial charge in [0.1, 0.15) is 10.1 Å². The minimum atomic E-state index is -4.78. The number of benzene rings is 1. The van der Waals surface area contributed by atoms with E-state index in [0.29, 0.717) is 0 Å². The molecule has 164 valence electrons. The maximum Gasteiger partial charge on any atom is 1.00 e. The van der Waals surface area contributed by atoms with E-state index in [0.717, 1.165) is 26.2 Å². The van der Waals surface area contributed by atoms with Crippen molar-refractivity contribution >= 4 is 22.1 Å². The molecule has 0 amide bonds. The zero-order valence-corrected chi connectivity index (χ0v) is 22.2. The van der Waals surface area contributed by atoms with Gasteiger partial charge in [0.2, 0.25) is 0 Å². The Hall–Kier alpha value is -0.294. The van der Waals surface area contributed by atoms with Crippen molar-refractivity contribution in [1.29, 1.82) is 0 Å². The first kappa shape index (κ1) is 29.7. The number of carbonyl (C=O) groups is 2. The quantitative estimate of drug-likeness (QED) is 0.176. The molecule has 1 atom stereocenters. The molecule has 0 fully saturated rings. The van der Waals surface area contributed by atoms with Crippen LogP contribution in [0.4, 0.5) is 0 Å². The molecule has 0 aromatic heterocycles. The van der Waals surface area contributed by atoms with Crippen molar-refractivity contribution in [3.05, 3.63) is 35.4 Å². The summed E-state index contributed by atoms with van der Waals surface area (Å²) in [6.45, 7) is 3.40. The van der Waals surface area contributed by atoms with E-state index in [1.807, 2.05) is 0 Å². The van der Waals surface area contributed by atoms with E-state index in [2.05, 4.69) is 11.7 Å². The molecule has 0 heterocycles. The number of carbonyl (C=O) groups excluding carboxylic acids is 2. The number of hydrogen-bond donors (Lipinski definition) is 0. The van der Waals surface area contributed by atoms with Crippen molar-refractivity contribution in [2.24, 2.45) is 0 Å². The van der Waals surface area contributed by atoms with Crippen LogP contribution in [0.2, 0.25) is 0 Å². The second kappa shape index (κ2) is 16.4. The van der Waals surface area contributed by atoms with Crippen LogP contribution >= 0.6 is 0 Å². The van der Waals surface area contributed by atoms with E-state index in [4.69, 9.17) is 4.74 Å². The predicted octanol–water partition coefficient (Wildman–Crippen LogP) is 1.43. The molecule has 0 spiro atoms. The molecule has 1 aromatic rings. The SMILES string of the molecule is CCCCCCCCCCCOC(=O)c1ccccc1C(=O)OC(C)S(=O)(=O)[O-].[K+]. The van der Waals surface area contributed by atoms with Gasteiger partial charge < -0.3 is 14.0 Å². The second-order valence-corrected chi connectivity index (χ2v) is 8.63. The standard InChI is InChI=1S/C21H32O7S.K/c1-3-4-5-6-7-8-9-10-13-16-27-20(22)18-14-11-12-15-19(18)21(23)28-17(2)29(24,25)26;/h11-12,14-15,17H,3-10,13,16H2,1-2H3,(H,24,25,26);/q;+1/p-1. The van der Waals surface area contributed by atoms with Gasteiger partial charge in [0.05, 0.1) is 17.7 Å². The van der Waals surface area contributed by atoms with E-state index in [9.17, 15) is 22.6 Å². The van der Waals surface area contributed by atoms with Gasteiger partial charge in [-0.2, -0.15) is 0 Å². The molecule has 0 aliphatic heterocycles. The van der Waals surface area contributed by atoms with Crippen LogP contribution in [0, 0.1) is 0 Å². The topological polar surface area (TPSA) is 110 Å². The molecule has 0 saturated heterocycles. The van der Waals surface area contributed by atoms with Crippen LogP contribution < -0.4 is 51.4 Å². The molecule has 1 rings (SSSR count). The summed E-state index contributed by atoms with van der Waals surface area (Å²) in [4.78, 5) is 24.4. The fourth-order valence-electron chi connectivity index (χ4n) is 2.77. The largest absolute Gasteiger partial charge is 1.00 e. The molecular weight excluding hydrogens is 435 g/mol. The molecule has 9 heteroatoms. The summed E-state index contributed by atoms with van der Waals surface area (Å²) in [5.41, 5.74) is -2.01. The zero-order chi connectivity index (χ0) is 21.7. The summed E-state index contributed by atoms with van der Waals surface area (Å²) in [7, 11) is -4.78. The smallest absolute Gasteiger partial charge is 0.745 e. The van der Waals surface area contributed by atoms with Crippen molar-refractivity contribution in [2.75, 3.05) is 6.61 Å². The Balaban J connectivity index is 0.00000841. The van der Waals surface area contributed by atoms with Crippen molar-refractivity contribution in [3.63, 3.8) is 0 Å². The summed E-state index contributed by atoms with van der Waals surface area (Å²) in [6, 6.07) is 5.77. The van der Waals surface area contributed by atoms with Crippen LogP contribution in [-0.2, 0) is 19.6 Å². The van der Waals surface area contributed by atoms with Gasteiger partial charge in [-0.05, 0) is 25.5 Å². The van der Waals surface area contributed by atoms with Gasteiger partial charge in [-0.3, -0.25) is 0 Å². The van der Waals surface area contributed by atoms with E-state index in [-0.39, 0.29) is 69.1 Å². The summed E-state index contributed by atoms with van der Waals surface area (Å²) in [5.74, 6) is -1.75. The number of hydrogen-bond acceptors (Lipinski definition) is 7. The third-order valence-corrected chi connectivity index (χ3v) is 5.44. The Bertz CT molecular complexity index is 749. The van der Waals surface area contributed by atoms with Gasteiger partial charge in [-0.25, -0.2) is 18.0 Å². The van der Waals surface area contributed by atoms with Crippen LogP contribution in [0.25, 0.3) is 0 Å². The molecule has 30 heavy (non-hydrogen) atoms. The summed E-state index contributed by atoms with van der Waals surface area (Å²) >= 11 is 0. The van der Waals surface area contributed by atoms with E-state index < -0.39 is 27.5 Å². The van der Waals surface area contributed by atoms with Gasteiger partial charge in [-0.15, -0.1) is 0 Å². The fraction of sp³-hybridized carbons (Fsp3) is 0.619. The first-order valence-electron chi connectivity index (χ1n) is 10.2. The monoisotopic (exact) mass is 466 g/mol. The van der Waals surface area contributed by atoms with Gasteiger partial charge in [0, 0.05) is 0 Å². The second-order valence-electron chi connectivity index (χ2n) is 6.98. The van der Waals surface area contributed by atoms with Crippen molar-refractivity contribution in [2.45, 2.75) is 77.1 Å². The Morgan fingerprint density at radius 2 is 1.37 bits per heavy atom. The Kier molecular flexibility index (Phi) is 16.2. The molecule has 1 aromatic carbocycles.